The second-order valence-electron chi connectivity index (χ2n) is 4.18. The highest BCUT2D eigenvalue weighted by atomic mass is 32.3. The lowest BCUT2D eigenvalue weighted by atomic mass is 10.2. The van der Waals surface area contributed by atoms with Gasteiger partial charge in [-0.15, -0.1) is 15.5 Å². The number of hydrogen-bond acceptors (Lipinski definition) is 7. The maximum atomic E-state index is 11.8. The molecular formula is C13H20O7S2. The first-order valence-electron chi connectivity index (χ1n) is 6.22. The molecule has 0 radical (unpaired) electrons. The predicted molar refractivity (Wildman–Crippen MR) is 81.7 cm³/mol. The molecule has 0 bridgehead atoms. The van der Waals surface area contributed by atoms with Crippen LogP contribution in [0, 0.1) is 29.6 Å². The van der Waals surface area contributed by atoms with Gasteiger partial charge in [-0.05, 0) is 13.8 Å². The molecule has 0 saturated carbocycles. The van der Waals surface area contributed by atoms with Crippen molar-refractivity contribution >= 4 is 20.2 Å². The third kappa shape index (κ3) is 9.03. The summed E-state index contributed by atoms with van der Waals surface area (Å²) >= 11 is 0. The van der Waals surface area contributed by atoms with Crippen LogP contribution in [0.1, 0.15) is 13.8 Å². The van der Waals surface area contributed by atoms with Crippen LogP contribution < -0.4 is 0 Å². The van der Waals surface area contributed by atoms with E-state index in [0.29, 0.717) is 0 Å². The molecule has 0 aromatic heterocycles. The Labute approximate surface area is 132 Å². The molecule has 0 aliphatic heterocycles. The van der Waals surface area contributed by atoms with Crippen molar-refractivity contribution in [2.24, 2.45) is 5.92 Å². The van der Waals surface area contributed by atoms with Gasteiger partial charge in [0.05, 0.1) is 18.3 Å². The van der Waals surface area contributed by atoms with Crippen LogP contribution in [-0.4, -0.2) is 55.3 Å². The van der Waals surface area contributed by atoms with Gasteiger partial charge in [-0.1, -0.05) is 11.8 Å². The van der Waals surface area contributed by atoms with E-state index in [2.05, 4.69) is 27.3 Å². The van der Waals surface area contributed by atoms with Crippen molar-refractivity contribution in [3.05, 3.63) is 0 Å². The third-order valence-corrected chi connectivity index (χ3v) is 5.45. The molecule has 0 amide bonds. The van der Waals surface area contributed by atoms with Gasteiger partial charge in [0.15, 0.2) is 0 Å². The van der Waals surface area contributed by atoms with Crippen LogP contribution in [0.3, 0.4) is 0 Å². The lowest BCUT2D eigenvalue weighted by molar-refractivity contribution is 0.164. The van der Waals surface area contributed by atoms with Crippen molar-refractivity contribution in [1.82, 2.24) is 0 Å². The zero-order valence-corrected chi connectivity index (χ0v) is 14.6. The number of hydrogen-bond donors (Lipinski definition) is 0. The van der Waals surface area contributed by atoms with Crippen molar-refractivity contribution in [2.75, 3.05) is 32.3 Å². The maximum absolute atomic E-state index is 11.8. The first-order valence-corrected chi connectivity index (χ1v) is 9.38. The Morgan fingerprint density at radius 3 is 1.91 bits per heavy atom. The topological polar surface area (TPSA) is 96.0 Å². The third-order valence-electron chi connectivity index (χ3n) is 2.27. The summed E-state index contributed by atoms with van der Waals surface area (Å²) in [5, 5.41) is 0. The molecule has 0 aliphatic carbocycles. The minimum atomic E-state index is -4.35. The van der Waals surface area contributed by atoms with Crippen LogP contribution in [0.25, 0.3) is 0 Å². The highest BCUT2D eigenvalue weighted by molar-refractivity contribution is 7.99. The first-order chi connectivity index (χ1) is 10.2. The molecule has 9 heteroatoms. The van der Waals surface area contributed by atoms with E-state index < -0.39 is 43.8 Å². The molecule has 0 saturated heterocycles. The molecule has 2 atom stereocenters. The molecule has 0 heterocycles. The first kappa shape index (κ1) is 20.9. The van der Waals surface area contributed by atoms with Crippen molar-refractivity contribution in [3.63, 3.8) is 0 Å². The van der Waals surface area contributed by atoms with Gasteiger partial charge in [0.25, 0.3) is 20.2 Å². The number of methoxy groups -OCH3 is 2. The average Bonchev–Trinajstić information content (AvgIpc) is 2.36. The van der Waals surface area contributed by atoms with Crippen molar-refractivity contribution in [2.45, 2.75) is 20.0 Å². The Bertz CT molecular complexity index is 657. The Morgan fingerprint density at radius 2 is 1.45 bits per heavy atom. The van der Waals surface area contributed by atoms with Crippen LogP contribution in [0.4, 0.5) is 0 Å². The molecule has 0 aromatic carbocycles. The minimum absolute atomic E-state index is 0.0471. The largest absolute Gasteiger partial charge is 0.383 e. The summed E-state index contributed by atoms with van der Waals surface area (Å²) in [6, 6.07) is 0. The molecule has 0 fully saturated rings. The predicted octanol–water partition coefficient (Wildman–Crippen LogP) is -0.0132. The summed E-state index contributed by atoms with van der Waals surface area (Å²) in [6.07, 6.45) is -0.963. The summed E-state index contributed by atoms with van der Waals surface area (Å²) in [7, 11) is -6.02. The zero-order valence-electron chi connectivity index (χ0n) is 13.0. The van der Waals surface area contributed by atoms with Gasteiger partial charge in [0, 0.05) is 14.2 Å². The van der Waals surface area contributed by atoms with E-state index in [0.717, 1.165) is 0 Å². The molecule has 0 spiro atoms. The van der Waals surface area contributed by atoms with Gasteiger partial charge in [-0.25, -0.2) is 0 Å². The summed E-state index contributed by atoms with van der Waals surface area (Å²) in [5.41, 5.74) is 0. The molecule has 0 rings (SSSR count). The van der Waals surface area contributed by atoms with Crippen LogP contribution in [0.2, 0.25) is 0 Å². The highest BCUT2D eigenvalue weighted by Crippen LogP contribution is 2.10. The fraction of sp³-hybridized carbons (Fsp3) is 0.692. The molecule has 0 aromatic rings. The normalized spacial score (nSPS) is 14.2. The SMILES string of the molecule is CC#CC(COC)CS(=O)(=O)OS(=O)(=O)CC(C#CC)OC. The lowest BCUT2D eigenvalue weighted by Gasteiger charge is -2.12. The van der Waals surface area contributed by atoms with Crippen molar-refractivity contribution < 1.29 is 29.9 Å². The van der Waals surface area contributed by atoms with E-state index in [4.69, 9.17) is 9.47 Å². The maximum Gasteiger partial charge on any atom is 0.285 e. The van der Waals surface area contributed by atoms with Gasteiger partial charge in [-0.2, -0.15) is 16.8 Å². The monoisotopic (exact) mass is 352 g/mol. The molecule has 7 nitrogen and oxygen atoms in total. The van der Waals surface area contributed by atoms with Crippen molar-refractivity contribution in [3.8, 4) is 23.7 Å². The van der Waals surface area contributed by atoms with Crippen LogP contribution in [0.5, 0.6) is 0 Å². The van der Waals surface area contributed by atoms with Crippen molar-refractivity contribution in [1.29, 1.82) is 0 Å². The van der Waals surface area contributed by atoms with E-state index in [1.807, 2.05) is 0 Å². The smallest absolute Gasteiger partial charge is 0.285 e. The second-order valence-corrected chi connectivity index (χ2v) is 7.62. The molecule has 126 valence electrons. The summed E-state index contributed by atoms with van der Waals surface area (Å²) in [6.45, 7) is 3.10. The molecular weight excluding hydrogens is 332 g/mol. The molecule has 0 aliphatic rings. The van der Waals surface area contributed by atoms with E-state index in [1.165, 1.54) is 21.1 Å². The number of rotatable bonds is 9. The Hall–Kier alpha value is -1.10. The second kappa shape index (κ2) is 9.82. The quantitative estimate of drug-likeness (QED) is 0.538. The van der Waals surface area contributed by atoms with E-state index in [9.17, 15) is 16.8 Å². The fourth-order valence-corrected chi connectivity index (χ4v) is 4.48. The fourth-order valence-electron chi connectivity index (χ4n) is 1.51. The van der Waals surface area contributed by atoms with Gasteiger partial charge >= 0.3 is 0 Å². The molecule has 22 heavy (non-hydrogen) atoms. The van der Waals surface area contributed by atoms with E-state index in [1.54, 1.807) is 6.92 Å². The number of ether oxygens (including phenoxy) is 2. The average molecular weight is 352 g/mol. The van der Waals surface area contributed by atoms with Gasteiger partial charge in [0.2, 0.25) is 0 Å². The summed E-state index contributed by atoms with van der Waals surface area (Å²) < 4.78 is 61.2. The lowest BCUT2D eigenvalue weighted by Crippen LogP contribution is -2.28. The Balaban J connectivity index is 4.99. The minimum Gasteiger partial charge on any atom is -0.383 e. The highest BCUT2D eigenvalue weighted by Gasteiger charge is 2.28. The zero-order chi connectivity index (χ0) is 17.2. The molecule has 0 N–H and O–H groups in total. The van der Waals surface area contributed by atoms with Gasteiger partial charge < -0.3 is 9.47 Å². The van der Waals surface area contributed by atoms with Crippen LogP contribution in [-0.2, 0) is 33.3 Å². The molecule has 2 unspecified atom stereocenters. The van der Waals surface area contributed by atoms with E-state index in [-0.39, 0.29) is 6.61 Å². The van der Waals surface area contributed by atoms with Crippen LogP contribution in [0.15, 0.2) is 0 Å². The Morgan fingerprint density at radius 1 is 0.909 bits per heavy atom. The summed E-state index contributed by atoms with van der Waals surface area (Å²) in [4.78, 5) is 0. The van der Waals surface area contributed by atoms with E-state index >= 15 is 0 Å². The van der Waals surface area contributed by atoms with Gasteiger partial charge in [-0.3, -0.25) is 0 Å². The Kier molecular flexibility index (Phi) is 9.33. The van der Waals surface area contributed by atoms with Crippen LogP contribution >= 0.6 is 0 Å². The summed E-state index contributed by atoms with van der Waals surface area (Å²) in [5.74, 6) is 8.21. The standard InChI is InChI=1S/C13H20O7S2/c1-5-7-12(9-18-3)10-21(14,15)20-22(16,17)11-13(19-4)8-6-2/h12-13H,9-11H2,1-4H3. The van der Waals surface area contributed by atoms with Gasteiger partial charge in [0.1, 0.15) is 11.9 Å².